The molecular weight excluding hydrogens is 240 g/mol. The van der Waals surface area contributed by atoms with E-state index in [1.165, 1.54) is 12.0 Å². The number of hydrogen-bond donors (Lipinski definition) is 0. The van der Waals surface area contributed by atoms with Gasteiger partial charge in [0.15, 0.2) is 5.88 Å². The van der Waals surface area contributed by atoms with Gasteiger partial charge < -0.3 is 14.2 Å². The van der Waals surface area contributed by atoms with Gasteiger partial charge in [-0.2, -0.15) is 0 Å². The maximum absolute atomic E-state index is 5.97. The van der Waals surface area contributed by atoms with Crippen LogP contribution in [0.4, 0.5) is 0 Å². The van der Waals surface area contributed by atoms with Gasteiger partial charge in [0.05, 0.1) is 23.8 Å². The Bertz CT molecular complexity index is 576. The molecule has 0 amide bonds. The zero-order chi connectivity index (χ0) is 13.2. The highest BCUT2D eigenvalue weighted by atomic mass is 16.5. The van der Waals surface area contributed by atoms with Gasteiger partial charge in [-0.05, 0) is 33.4 Å². The predicted molar refractivity (Wildman–Crippen MR) is 74.5 cm³/mol. The van der Waals surface area contributed by atoms with Crippen molar-refractivity contribution >= 4 is 11.0 Å². The van der Waals surface area contributed by atoms with Crippen molar-refractivity contribution < 1.29 is 4.74 Å². The molecule has 0 unspecified atom stereocenters. The zero-order valence-corrected chi connectivity index (χ0v) is 11.6. The van der Waals surface area contributed by atoms with Gasteiger partial charge >= 0.3 is 0 Å². The summed E-state index contributed by atoms with van der Waals surface area (Å²) in [6, 6.07) is 0. The lowest BCUT2D eigenvalue weighted by Crippen LogP contribution is -2.19. The average Bonchev–Trinajstić information content (AvgIpc) is 2.56. The van der Waals surface area contributed by atoms with E-state index in [2.05, 4.69) is 33.5 Å². The van der Waals surface area contributed by atoms with Crippen LogP contribution >= 0.6 is 0 Å². The summed E-state index contributed by atoms with van der Waals surface area (Å²) in [6.07, 6.45) is 6.87. The molecule has 0 saturated carbocycles. The third-order valence-corrected chi connectivity index (χ3v) is 3.60. The van der Waals surface area contributed by atoms with Crippen LogP contribution in [-0.4, -0.2) is 46.7 Å². The van der Waals surface area contributed by atoms with Gasteiger partial charge in [0, 0.05) is 18.7 Å². The number of aryl methyl sites for hydroxylation is 1. The molecule has 2 aromatic heterocycles. The zero-order valence-electron chi connectivity index (χ0n) is 11.6. The highest BCUT2D eigenvalue weighted by Crippen LogP contribution is 2.33. The smallest absolute Gasteiger partial charge is 0.199 e. The van der Waals surface area contributed by atoms with Gasteiger partial charge in [-0.1, -0.05) is 0 Å². The van der Waals surface area contributed by atoms with Crippen molar-refractivity contribution in [2.75, 3.05) is 27.2 Å². The fourth-order valence-electron chi connectivity index (χ4n) is 2.61. The van der Waals surface area contributed by atoms with E-state index in [9.17, 15) is 0 Å². The first-order chi connectivity index (χ1) is 9.27. The number of nitrogens with zero attached hydrogens (tertiary/aromatic N) is 4. The summed E-state index contributed by atoms with van der Waals surface area (Å²) < 4.78 is 8.21. The molecule has 3 rings (SSSR count). The standard InChI is InChI=1S/C14H20N4O/c1-17(2)6-7-18-12-9-15-10-16-13(12)11-5-3-4-8-19-14(11)18/h9-10H,3-8H2,1-2H3. The molecule has 5 heteroatoms. The second-order valence-corrected chi connectivity index (χ2v) is 5.30. The van der Waals surface area contributed by atoms with Crippen LogP contribution in [0.25, 0.3) is 11.0 Å². The van der Waals surface area contributed by atoms with Crippen LogP contribution in [-0.2, 0) is 13.0 Å². The quantitative estimate of drug-likeness (QED) is 0.842. The first kappa shape index (κ1) is 12.4. The average molecular weight is 260 g/mol. The predicted octanol–water partition coefficient (Wildman–Crippen LogP) is 1.71. The van der Waals surface area contributed by atoms with Gasteiger partial charge in [0.25, 0.3) is 0 Å². The van der Waals surface area contributed by atoms with Crippen LogP contribution in [0, 0.1) is 0 Å². The number of rotatable bonds is 3. The van der Waals surface area contributed by atoms with Gasteiger partial charge in [-0.25, -0.2) is 9.97 Å². The van der Waals surface area contributed by atoms with Crippen molar-refractivity contribution in [2.24, 2.45) is 0 Å². The molecule has 1 aliphatic heterocycles. The molecule has 0 saturated heterocycles. The minimum atomic E-state index is 0.804. The van der Waals surface area contributed by atoms with E-state index < -0.39 is 0 Å². The third-order valence-electron chi connectivity index (χ3n) is 3.60. The maximum atomic E-state index is 5.97. The monoisotopic (exact) mass is 260 g/mol. The number of ether oxygens (including phenoxy) is 1. The van der Waals surface area contributed by atoms with Gasteiger partial charge in [-0.15, -0.1) is 0 Å². The summed E-state index contributed by atoms with van der Waals surface area (Å²) in [5.74, 6) is 1.01. The molecule has 0 aromatic carbocycles. The van der Waals surface area contributed by atoms with Crippen molar-refractivity contribution in [1.29, 1.82) is 0 Å². The Morgan fingerprint density at radius 3 is 3.11 bits per heavy atom. The summed E-state index contributed by atoms with van der Waals surface area (Å²) in [7, 11) is 4.17. The Balaban J connectivity index is 2.09. The summed E-state index contributed by atoms with van der Waals surface area (Å²) in [4.78, 5) is 10.8. The van der Waals surface area contributed by atoms with Crippen LogP contribution < -0.4 is 4.74 Å². The second kappa shape index (κ2) is 5.17. The van der Waals surface area contributed by atoms with Crippen molar-refractivity contribution in [3.63, 3.8) is 0 Å². The molecular formula is C14H20N4O. The Labute approximate surface area is 113 Å². The number of likely N-dealkylation sites (N-methyl/N-ethyl adjacent to an activating group) is 1. The molecule has 5 nitrogen and oxygen atoms in total. The Hall–Kier alpha value is -1.62. The van der Waals surface area contributed by atoms with E-state index in [1.807, 2.05) is 6.20 Å². The van der Waals surface area contributed by atoms with Crippen LogP contribution in [0.5, 0.6) is 5.88 Å². The Morgan fingerprint density at radius 1 is 1.37 bits per heavy atom. The SMILES string of the molecule is CN(C)CCn1c2c(c3ncncc31)CCCCO2. The van der Waals surface area contributed by atoms with Crippen LogP contribution in [0.2, 0.25) is 0 Å². The summed E-state index contributed by atoms with van der Waals surface area (Å²) >= 11 is 0. The van der Waals surface area contributed by atoms with Crippen LogP contribution in [0.1, 0.15) is 18.4 Å². The van der Waals surface area contributed by atoms with E-state index >= 15 is 0 Å². The fourth-order valence-corrected chi connectivity index (χ4v) is 2.61. The lowest BCUT2D eigenvalue weighted by atomic mass is 10.1. The first-order valence-corrected chi connectivity index (χ1v) is 6.86. The summed E-state index contributed by atoms with van der Waals surface area (Å²) in [6.45, 7) is 2.69. The van der Waals surface area contributed by atoms with Crippen molar-refractivity contribution in [1.82, 2.24) is 19.4 Å². The molecule has 0 fully saturated rings. The Morgan fingerprint density at radius 2 is 2.26 bits per heavy atom. The highest BCUT2D eigenvalue weighted by Gasteiger charge is 2.21. The summed E-state index contributed by atoms with van der Waals surface area (Å²) in [5, 5.41) is 0. The molecule has 0 aliphatic carbocycles. The topological polar surface area (TPSA) is 43.2 Å². The lowest BCUT2D eigenvalue weighted by molar-refractivity contribution is 0.284. The summed E-state index contributed by atoms with van der Waals surface area (Å²) in [5.41, 5.74) is 3.41. The highest BCUT2D eigenvalue weighted by molar-refractivity contribution is 5.82. The molecule has 3 heterocycles. The molecule has 0 radical (unpaired) electrons. The normalized spacial score (nSPS) is 15.3. The van der Waals surface area contributed by atoms with Gasteiger partial charge in [-0.3, -0.25) is 0 Å². The minimum absolute atomic E-state index is 0.804. The number of hydrogen-bond acceptors (Lipinski definition) is 4. The van der Waals surface area contributed by atoms with Gasteiger partial charge in [0.2, 0.25) is 0 Å². The molecule has 0 N–H and O–H groups in total. The molecule has 0 bridgehead atoms. The van der Waals surface area contributed by atoms with E-state index in [0.717, 1.165) is 49.5 Å². The first-order valence-electron chi connectivity index (χ1n) is 6.86. The van der Waals surface area contributed by atoms with Crippen molar-refractivity contribution in [3.05, 3.63) is 18.1 Å². The third kappa shape index (κ3) is 2.30. The molecule has 2 aromatic rings. The van der Waals surface area contributed by atoms with E-state index in [4.69, 9.17) is 4.74 Å². The number of aromatic nitrogens is 3. The molecule has 0 spiro atoms. The van der Waals surface area contributed by atoms with Gasteiger partial charge in [0.1, 0.15) is 6.33 Å². The van der Waals surface area contributed by atoms with E-state index in [-0.39, 0.29) is 0 Å². The lowest BCUT2D eigenvalue weighted by Gasteiger charge is -2.14. The fraction of sp³-hybridized carbons (Fsp3) is 0.571. The van der Waals surface area contributed by atoms with E-state index in [1.54, 1.807) is 6.33 Å². The minimum Gasteiger partial charge on any atom is -0.479 e. The molecule has 1 aliphatic rings. The molecule has 0 atom stereocenters. The van der Waals surface area contributed by atoms with Crippen LogP contribution in [0.3, 0.4) is 0 Å². The number of fused-ring (bicyclic) bond motifs is 3. The largest absolute Gasteiger partial charge is 0.479 e. The molecule has 102 valence electrons. The maximum Gasteiger partial charge on any atom is 0.199 e. The molecule has 19 heavy (non-hydrogen) atoms. The van der Waals surface area contributed by atoms with Crippen molar-refractivity contribution in [3.8, 4) is 5.88 Å². The second-order valence-electron chi connectivity index (χ2n) is 5.30. The van der Waals surface area contributed by atoms with E-state index in [0.29, 0.717) is 0 Å². The Kier molecular flexibility index (Phi) is 3.38. The van der Waals surface area contributed by atoms with Crippen molar-refractivity contribution in [2.45, 2.75) is 25.8 Å². The van der Waals surface area contributed by atoms with Crippen LogP contribution in [0.15, 0.2) is 12.5 Å².